The number of piperazine rings is 1. The molecule has 0 aromatic rings. The van der Waals surface area contributed by atoms with Gasteiger partial charge in [-0.05, 0) is 6.92 Å². The highest BCUT2D eigenvalue weighted by Gasteiger charge is 2.41. The van der Waals surface area contributed by atoms with E-state index in [1.807, 2.05) is 0 Å². The molecule has 9 nitrogen and oxygen atoms in total. The average molecular weight is 299 g/mol. The number of imide groups is 1. The molecule has 0 spiro atoms. The number of nitrogens with zero attached hydrogens (tertiary/aromatic N) is 2. The second kappa shape index (κ2) is 6.08. The summed E-state index contributed by atoms with van der Waals surface area (Å²) >= 11 is 0. The number of carbonyl (C=O) groups is 4. The van der Waals surface area contributed by atoms with E-state index in [1.165, 1.54) is 4.90 Å². The van der Waals surface area contributed by atoms with Crippen molar-refractivity contribution < 1.29 is 29.0 Å². The van der Waals surface area contributed by atoms with Crippen LogP contribution in [-0.4, -0.2) is 77.6 Å². The lowest BCUT2D eigenvalue weighted by molar-refractivity contribution is -0.143. The van der Waals surface area contributed by atoms with Crippen molar-refractivity contribution in [2.45, 2.75) is 13.0 Å². The van der Waals surface area contributed by atoms with Gasteiger partial charge in [-0.15, -0.1) is 0 Å². The van der Waals surface area contributed by atoms with Crippen LogP contribution in [0.2, 0.25) is 0 Å². The van der Waals surface area contributed by atoms with Gasteiger partial charge in [-0.25, -0.2) is 4.79 Å². The third-order valence-electron chi connectivity index (χ3n) is 3.57. The zero-order valence-electron chi connectivity index (χ0n) is 11.6. The van der Waals surface area contributed by atoms with E-state index in [4.69, 9.17) is 9.84 Å². The van der Waals surface area contributed by atoms with Gasteiger partial charge in [-0.3, -0.25) is 19.7 Å². The highest BCUT2D eigenvalue weighted by Crippen LogP contribution is 2.21. The van der Waals surface area contributed by atoms with Gasteiger partial charge in [-0.2, -0.15) is 0 Å². The largest absolute Gasteiger partial charge is 0.481 e. The summed E-state index contributed by atoms with van der Waals surface area (Å²) in [6.07, 6.45) is 0. The van der Waals surface area contributed by atoms with E-state index in [2.05, 4.69) is 5.32 Å². The lowest BCUT2D eigenvalue weighted by Gasteiger charge is -2.35. The Morgan fingerprint density at radius 1 is 1.33 bits per heavy atom. The van der Waals surface area contributed by atoms with Gasteiger partial charge >= 0.3 is 12.0 Å². The number of hydrogen-bond acceptors (Lipinski definition) is 5. The topological polar surface area (TPSA) is 116 Å². The minimum absolute atomic E-state index is 0.0448. The first-order chi connectivity index (χ1) is 9.93. The molecule has 2 saturated heterocycles. The fourth-order valence-electron chi connectivity index (χ4n) is 2.55. The molecule has 0 aromatic carbocycles. The van der Waals surface area contributed by atoms with Crippen LogP contribution in [0.15, 0.2) is 0 Å². The van der Waals surface area contributed by atoms with Crippen molar-refractivity contribution in [3.8, 4) is 0 Å². The summed E-state index contributed by atoms with van der Waals surface area (Å²) in [5, 5.41) is 11.3. The van der Waals surface area contributed by atoms with Crippen LogP contribution in [0, 0.1) is 5.92 Å². The summed E-state index contributed by atoms with van der Waals surface area (Å²) < 4.78 is 5.15. The molecule has 0 radical (unpaired) electrons. The lowest BCUT2D eigenvalue weighted by atomic mass is 10.0. The van der Waals surface area contributed by atoms with Gasteiger partial charge in [0.1, 0.15) is 19.0 Å². The maximum Gasteiger partial charge on any atom is 0.321 e. The van der Waals surface area contributed by atoms with E-state index >= 15 is 0 Å². The zero-order chi connectivity index (χ0) is 15.6. The summed E-state index contributed by atoms with van der Waals surface area (Å²) in [4.78, 5) is 48.8. The van der Waals surface area contributed by atoms with Gasteiger partial charge in [-0.1, -0.05) is 0 Å². The third kappa shape index (κ3) is 3.13. The van der Waals surface area contributed by atoms with E-state index in [0.29, 0.717) is 0 Å². The number of carboxylic acid groups (broad SMARTS) is 1. The predicted molar refractivity (Wildman–Crippen MR) is 68.2 cm³/mol. The van der Waals surface area contributed by atoms with Crippen LogP contribution in [0.4, 0.5) is 4.79 Å². The van der Waals surface area contributed by atoms with Gasteiger partial charge in [0.2, 0.25) is 11.8 Å². The molecule has 2 fully saturated rings. The molecule has 0 bridgehead atoms. The Kier molecular flexibility index (Phi) is 4.41. The molecule has 4 amide bonds. The maximum absolute atomic E-state index is 12.4. The van der Waals surface area contributed by atoms with Crippen LogP contribution in [0.1, 0.15) is 6.92 Å². The average Bonchev–Trinajstić information content (AvgIpc) is 2.87. The van der Waals surface area contributed by atoms with Crippen molar-refractivity contribution in [2.75, 3.05) is 32.8 Å². The number of carboxylic acids is 1. The van der Waals surface area contributed by atoms with Crippen molar-refractivity contribution in [3.05, 3.63) is 0 Å². The number of amides is 4. The van der Waals surface area contributed by atoms with Crippen LogP contribution < -0.4 is 5.32 Å². The Hall–Kier alpha value is -2.16. The minimum atomic E-state index is -1.03. The number of aliphatic carboxylic acids is 1. The Morgan fingerprint density at radius 3 is 2.48 bits per heavy atom. The summed E-state index contributed by atoms with van der Waals surface area (Å²) in [5.41, 5.74) is 0. The first kappa shape index (κ1) is 15.2. The molecule has 0 aliphatic carbocycles. The van der Waals surface area contributed by atoms with Crippen LogP contribution in [0.25, 0.3) is 0 Å². The molecule has 116 valence electrons. The number of urea groups is 1. The van der Waals surface area contributed by atoms with Gasteiger partial charge < -0.3 is 19.6 Å². The number of nitrogens with one attached hydrogen (secondary N) is 1. The Balaban J connectivity index is 2.13. The van der Waals surface area contributed by atoms with Gasteiger partial charge in [0, 0.05) is 6.54 Å². The maximum atomic E-state index is 12.4. The van der Waals surface area contributed by atoms with Gasteiger partial charge in [0.05, 0.1) is 19.3 Å². The van der Waals surface area contributed by atoms with Crippen molar-refractivity contribution in [1.29, 1.82) is 0 Å². The van der Waals surface area contributed by atoms with E-state index in [1.54, 1.807) is 6.92 Å². The molecule has 2 aliphatic rings. The molecule has 21 heavy (non-hydrogen) atoms. The first-order valence-electron chi connectivity index (χ1n) is 6.62. The Bertz CT molecular complexity index is 464. The standard InChI is InChI=1S/C12H17N3O6/c1-2-15(8-6-21-5-7(8)11(18)19)12(20)14-3-9(16)13-10(17)4-14/h7-8H,2-6H2,1H3,(H,18,19)(H,13,16,17). The fraction of sp³-hybridized carbons (Fsp3) is 0.667. The predicted octanol–water partition coefficient (Wildman–Crippen LogP) is -1.51. The van der Waals surface area contributed by atoms with Crippen LogP contribution >= 0.6 is 0 Å². The normalized spacial score (nSPS) is 25.7. The molecule has 0 saturated carbocycles. The van der Waals surface area contributed by atoms with E-state index < -0.39 is 35.8 Å². The van der Waals surface area contributed by atoms with Crippen molar-refractivity contribution in [1.82, 2.24) is 15.1 Å². The zero-order valence-corrected chi connectivity index (χ0v) is 11.6. The number of carbonyl (C=O) groups excluding carboxylic acids is 3. The van der Waals surface area contributed by atoms with Crippen molar-refractivity contribution in [2.24, 2.45) is 5.92 Å². The summed E-state index contributed by atoms with van der Waals surface area (Å²) in [7, 11) is 0. The smallest absolute Gasteiger partial charge is 0.321 e. The summed E-state index contributed by atoms with van der Waals surface area (Å²) in [5.74, 6) is -2.93. The molecule has 2 N–H and O–H groups in total. The van der Waals surface area contributed by atoms with E-state index in [-0.39, 0.29) is 32.8 Å². The second-order valence-corrected chi connectivity index (χ2v) is 4.95. The highest BCUT2D eigenvalue weighted by atomic mass is 16.5. The van der Waals surface area contributed by atoms with Gasteiger partial charge in [0.25, 0.3) is 0 Å². The Morgan fingerprint density at radius 2 is 1.95 bits per heavy atom. The van der Waals surface area contributed by atoms with Crippen LogP contribution in [0.5, 0.6) is 0 Å². The minimum Gasteiger partial charge on any atom is -0.481 e. The molecule has 2 heterocycles. The van der Waals surface area contributed by atoms with Crippen LogP contribution in [-0.2, 0) is 19.1 Å². The lowest BCUT2D eigenvalue weighted by Crippen LogP contribution is -2.59. The summed E-state index contributed by atoms with van der Waals surface area (Å²) in [6.45, 7) is 1.72. The number of likely N-dealkylation sites (N-methyl/N-ethyl adjacent to an activating group) is 1. The molecular weight excluding hydrogens is 282 g/mol. The number of ether oxygens (including phenoxy) is 1. The van der Waals surface area contributed by atoms with Gasteiger partial charge in [0.15, 0.2) is 0 Å². The third-order valence-corrected chi connectivity index (χ3v) is 3.57. The van der Waals surface area contributed by atoms with Crippen molar-refractivity contribution in [3.63, 3.8) is 0 Å². The molecule has 2 rings (SSSR count). The van der Waals surface area contributed by atoms with E-state index in [9.17, 15) is 19.2 Å². The fourth-order valence-corrected chi connectivity index (χ4v) is 2.55. The van der Waals surface area contributed by atoms with Crippen molar-refractivity contribution >= 4 is 23.8 Å². The molecule has 0 aromatic heterocycles. The quantitative estimate of drug-likeness (QED) is 0.612. The van der Waals surface area contributed by atoms with E-state index in [0.717, 1.165) is 4.90 Å². The second-order valence-electron chi connectivity index (χ2n) is 4.95. The molecule has 2 atom stereocenters. The highest BCUT2D eigenvalue weighted by molar-refractivity contribution is 6.02. The summed E-state index contributed by atoms with van der Waals surface area (Å²) in [6, 6.07) is -1.12. The van der Waals surface area contributed by atoms with Crippen LogP contribution in [0.3, 0.4) is 0 Å². The molecule has 9 heteroatoms. The first-order valence-corrected chi connectivity index (χ1v) is 6.62. The molecule has 2 aliphatic heterocycles. The Labute approximate surface area is 120 Å². The number of hydrogen-bond donors (Lipinski definition) is 2. The molecular formula is C12H17N3O6. The SMILES string of the molecule is CCN(C(=O)N1CC(=O)NC(=O)C1)C1COCC1C(=O)O. The number of rotatable bonds is 3. The monoisotopic (exact) mass is 299 g/mol. The molecule has 2 unspecified atom stereocenters.